The van der Waals surface area contributed by atoms with E-state index in [2.05, 4.69) is 0 Å². The van der Waals surface area contributed by atoms with E-state index in [1.54, 1.807) is 44.4 Å². The van der Waals surface area contributed by atoms with Gasteiger partial charge >= 0.3 is 0 Å². The van der Waals surface area contributed by atoms with Crippen molar-refractivity contribution in [2.45, 2.75) is 13.5 Å². The third-order valence-corrected chi connectivity index (χ3v) is 4.51. The number of imide groups is 1. The highest BCUT2D eigenvalue weighted by Gasteiger charge is 2.35. The zero-order chi connectivity index (χ0) is 20.3. The summed E-state index contributed by atoms with van der Waals surface area (Å²) in [6.07, 6.45) is 1.64. The van der Waals surface area contributed by atoms with Crippen LogP contribution in [0.15, 0.2) is 65.3 Å². The lowest BCUT2D eigenvalue weighted by Gasteiger charge is -2.27. The zero-order valence-corrected chi connectivity index (χ0v) is 15.4. The van der Waals surface area contributed by atoms with Crippen LogP contribution in [-0.2, 0) is 16.1 Å². The topological polar surface area (TPSA) is 70.4 Å². The molecule has 0 saturated carbocycles. The third-order valence-electron chi connectivity index (χ3n) is 4.51. The molecule has 2 aromatic rings. The first-order valence-electron chi connectivity index (χ1n) is 8.52. The molecule has 0 saturated heterocycles. The van der Waals surface area contributed by atoms with Crippen molar-refractivity contribution in [3.05, 3.63) is 82.2 Å². The summed E-state index contributed by atoms with van der Waals surface area (Å²) in [6.45, 7) is 1.54. The molecule has 6 heteroatoms. The molecular formula is C22H17FN2O3. The van der Waals surface area contributed by atoms with E-state index in [9.17, 15) is 19.2 Å². The second-order valence-electron chi connectivity index (χ2n) is 6.27. The highest BCUT2D eigenvalue weighted by Crippen LogP contribution is 2.28. The lowest BCUT2D eigenvalue weighted by Crippen LogP contribution is -2.42. The molecule has 1 aliphatic rings. The van der Waals surface area contributed by atoms with Gasteiger partial charge in [-0.3, -0.25) is 14.5 Å². The molecule has 1 aliphatic heterocycles. The molecule has 28 heavy (non-hydrogen) atoms. The van der Waals surface area contributed by atoms with E-state index >= 15 is 0 Å². The van der Waals surface area contributed by atoms with E-state index in [-0.39, 0.29) is 17.7 Å². The lowest BCUT2D eigenvalue weighted by atomic mass is 9.93. The minimum absolute atomic E-state index is 0.0453. The molecule has 140 valence electrons. The number of nitrogens with zero attached hydrogens (tertiary/aromatic N) is 2. The summed E-state index contributed by atoms with van der Waals surface area (Å²) in [5.74, 6) is -0.883. The van der Waals surface area contributed by atoms with Crippen LogP contribution in [0.1, 0.15) is 18.1 Å². The molecule has 5 nitrogen and oxygen atoms in total. The molecule has 0 N–H and O–H groups in total. The van der Waals surface area contributed by atoms with Crippen LogP contribution < -0.4 is 4.74 Å². The van der Waals surface area contributed by atoms with Gasteiger partial charge in [0.2, 0.25) is 0 Å². The molecule has 0 radical (unpaired) electrons. The van der Waals surface area contributed by atoms with E-state index < -0.39 is 17.6 Å². The second kappa shape index (κ2) is 7.89. The number of hydrogen-bond donors (Lipinski definition) is 0. The number of ether oxygens (including phenoxy) is 1. The van der Waals surface area contributed by atoms with E-state index in [4.69, 9.17) is 4.74 Å². The first kappa shape index (κ1) is 19.1. The van der Waals surface area contributed by atoms with Crippen molar-refractivity contribution in [1.82, 2.24) is 4.90 Å². The number of methoxy groups -OCH3 is 1. The van der Waals surface area contributed by atoms with Crippen molar-refractivity contribution in [3.63, 3.8) is 0 Å². The van der Waals surface area contributed by atoms with E-state index in [1.807, 2.05) is 6.07 Å². The molecule has 1 heterocycles. The minimum atomic E-state index is -0.652. The monoisotopic (exact) mass is 376 g/mol. The number of carbonyl (C=O) groups excluding carboxylic acids is 2. The Hall–Kier alpha value is -3.72. The normalized spacial score (nSPS) is 15.8. The zero-order valence-electron chi connectivity index (χ0n) is 15.4. The summed E-state index contributed by atoms with van der Waals surface area (Å²) < 4.78 is 18.3. The number of amides is 2. The first-order valence-corrected chi connectivity index (χ1v) is 8.52. The Morgan fingerprint density at radius 3 is 2.29 bits per heavy atom. The fourth-order valence-corrected chi connectivity index (χ4v) is 2.91. The predicted octanol–water partition coefficient (Wildman–Crippen LogP) is 3.63. The maximum absolute atomic E-state index is 13.1. The van der Waals surface area contributed by atoms with Gasteiger partial charge in [-0.1, -0.05) is 24.3 Å². The van der Waals surface area contributed by atoms with Gasteiger partial charge in [0.05, 0.1) is 13.7 Å². The Balaban J connectivity index is 2.01. The van der Waals surface area contributed by atoms with Gasteiger partial charge in [-0.15, -0.1) is 0 Å². The van der Waals surface area contributed by atoms with Crippen LogP contribution in [0.25, 0.3) is 6.08 Å². The number of nitriles is 1. The molecular weight excluding hydrogens is 359 g/mol. The molecule has 2 amide bonds. The number of rotatable bonds is 4. The lowest BCUT2D eigenvalue weighted by molar-refractivity contribution is -0.141. The van der Waals surface area contributed by atoms with Crippen LogP contribution in [0.3, 0.4) is 0 Å². The SMILES string of the molecule is COc1ccc(/C=C2/C(=O)N(Cc3ccc(F)cc3)C(=O)C(C#N)=C2C)cc1. The minimum Gasteiger partial charge on any atom is -0.497 e. The van der Waals surface area contributed by atoms with Crippen molar-refractivity contribution in [2.24, 2.45) is 0 Å². The molecule has 0 unspecified atom stereocenters. The summed E-state index contributed by atoms with van der Waals surface area (Å²) in [6, 6.07) is 14.5. The number of hydrogen-bond acceptors (Lipinski definition) is 4. The van der Waals surface area contributed by atoms with Crippen molar-refractivity contribution in [3.8, 4) is 11.8 Å². The Morgan fingerprint density at radius 2 is 1.71 bits per heavy atom. The first-order chi connectivity index (χ1) is 13.4. The molecule has 0 aromatic heterocycles. The van der Waals surface area contributed by atoms with Gasteiger partial charge in [0.15, 0.2) is 0 Å². The summed E-state index contributed by atoms with van der Waals surface area (Å²) >= 11 is 0. The van der Waals surface area contributed by atoms with Crippen LogP contribution in [0.5, 0.6) is 5.75 Å². The summed E-state index contributed by atoms with van der Waals surface area (Å²) in [5, 5.41) is 9.43. The molecule has 0 fully saturated rings. The molecule has 2 aromatic carbocycles. The maximum Gasteiger partial charge on any atom is 0.271 e. The summed E-state index contributed by atoms with van der Waals surface area (Å²) in [4.78, 5) is 26.6. The smallest absolute Gasteiger partial charge is 0.271 e. The van der Waals surface area contributed by atoms with Gasteiger partial charge in [0, 0.05) is 5.57 Å². The Kier molecular flexibility index (Phi) is 5.37. The number of benzene rings is 2. The number of halogens is 1. The van der Waals surface area contributed by atoms with Crippen molar-refractivity contribution in [1.29, 1.82) is 5.26 Å². The molecule has 0 atom stereocenters. The molecule has 0 bridgehead atoms. The maximum atomic E-state index is 13.1. The van der Waals surface area contributed by atoms with Gasteiger partial charge in [0.1, 0.15) is 23.2 Å². The summed E-state index contributed by atoms with van der Waals surface area (Å²) in [5.41, 5.74) is 1.84. The van der Waals surface area contributed by atoms with Crippen molar-refractivity contribution < 1.29 is 18.7 Å². The van der Waals surface area contributed by atoms with Crippen LogP contribution in [0.2, 0.25) is 0 Å². The standard InChI is InChI=1S/C22H17FN2O3/c1-14-19(11-15-5-9-18(28-2)10-6-15)21(26)25(22(27)20(14)12-24)13-16-3-7-17(23)8-4-16/h3-11H,13H2,1-2H3/b19-11+. The highest BCUT2D eigenvalue weighted by atomic mass is 19.1. The molecule has 0 spiro atoms. The largest absolute Gasteiger partial charge is 0.497 e. The van der Waals surface area contributed by atoms with Gasteiger partial charge in [0.25, 0.3) is 11.8 Å². The average molecular weight is 376 g/mol. The average Bonchev–Trinajstić information content (AvgIpc) is 2.71. The second-order valence-corrected chi connectivity index (χ2v) is 6.27. The Morgan fingerprint density at radius 1 is 1.07 bits per heavy atom. The molecule has 0 aliphatic carbocycles. The van der Waals surface area contributed by atoms with Crippen molar-refractivity contribution in [2.75, 3.05) is 7.11 Å². The van der Waals surface area contributed by atoms with Crippen LogP contribution in [0, 0.1) is 17.1 Å². The van der Waals surface area contributed by atoms with Gasteiger partial charge in [-0.25, -0.2) is 4.39 Å². The predicted molar refractivity (Wildman–Crippen MR) is 101 cm³/mol. The molecule has 3 rings (SSSR count). The van der Waals surface area contributed by atoms with Gasteiger partial charge in [-0.2, -0.15) is 5.26 Å². The Bertz CT molecular complexity index is 1030. The third kappa shape index (κ3) is 3.69. The number of carbonyl (C=O) groups is 2. The Labute approximate surface area is 162 Å². The summed E-state index contributed by atoms with van der Waals surface area (Å²) in [7, 11) is 1.56. The van der Waals surface area contributed by atoms with Crippen LogP contribution in [-0.4, -0.2) is 23.8 Å². The highest BCUT2D eigenvalue weighted by molar-refractivity contribution is 6.19. The van der Waals surface area contributed by atoms with Crippen LogP contribution in [0.4, 0.5) is 4.39 Å². The van der Waals surface area contributed by atoms with Gasteiger partial charge in [-0.05, 0) is 54.0 Å². The van der Waals surface area contributed by atoms with E-state index in [0.717, 1.165) is 10.5 Å². The quantitative estimate of drug-likeness (QED) is 0.604. The fraction of sp³-hybridized carbons (Fsp3) is 0.136. The van der Waals surface area contributed by atoms with E-state index in [0.29, 0.717) is 16.9 Å². The van der Waals surface area contributed by atoms with E-state index in [1.165, 1.54) is 24.3 Å². The fourth-order valence-electron chi connectivity index (χ4n) is 2.91. The van der Waals surface area contributed by atoms with Crippen molar-refractivity contribution >= 4 is 17.9 Å². The van der Waals surface area contributed by atoms with Crippen LogP contribution >= 0.6 is 0 Å². The van der Waals surface area contributed by atoms with Gasteiger partial charge < -0.3 is 4.74 Å².